The van der Waals surface area contributed by atoms with E-state index in [2.05, 4.69) is 4.98 Å². The third-order valence-electron chi connectivity index (χ3n) is 3.18. The molecule has 0 saturated carbocycles. The number of H-pyrrole nitrogens is 1. The van der Waals surface area contributed by atoms with Crippen molar-refractivity contribution in [2.45, 2.75) is 31.5 Å². The van der Waals surface area contributed by atoms with Gasteiger partial charge >= 0.3 is 5.69 Å². The van der Waals surface area contributed by atoms with Crippen LogP contribution in [0.2, 0.25) is 0 Å². The number of hydrogen-bond donors (Lipinski definition) is 3. The zero-order valence-electron chi connectivity index (χ0n) is 10.6. The molecule has 106 valence electrons. The summed E-state index contributed by atoms with van der Waals surface area (Å²) in [7, 11) is 1.38. The lowest BCUT2D eigenvalue weighted by Gasteiger charge is -2.18. The summed E-state index contributed by atoms with van der Waals surface area (Å²) in [6, 6.07) is 0. The molecule has 3 N–H and O–H groups in total. The van der Waals surface area contributed by atoms with E-state index in [1.807, 2.05) is 0 Å². The van der Waals surface area contributed by atoms with Crippen molar-refractivity contribution >= 4 is 0 Å². The zero-order chi connectivity index (χ0) is 14.2. The molecule has 0 bridgehead atoms. The Morgan fingerprint density at radius 2 is 2.21 bits per heavy atom. The molecule has 0 aromatic carbocycles. The van der Waals surface area contributed by atoms with Crippen molar-refractivity contribution in [1.82, 2.24) is 9.55 Å². The van der Waals surface area contributed by atoms with Crippen molar-refractivity contribution in [2.75, 3.05) is 13.7 Å². The van der Waals surface area contributed by atoms with Gasteiger partial charge in [0, 0.05) is 18.9 Å². The number of methoxy groups -OCH3 is 1. The van der Waals surface area contributed by atoms with E-state index in [9.17, 15) is 14.7 Å². The zero-order valence-corrected chi connectivity index (χ0v) is 10.6. The van der Waals surface area contributed by atoms with Crippen LogP contribution in [0.25, 0.3) is 0 Å². The molecule has 4 atom stereocenters. The Morgan fingerprint density at radius 3 is 2.74 bits per heavy atom. The highest BCUT2D eigenvalue weighted by Gasteiger charge is 2.45. The lowest BCUT2D eigenvalue weighted by atomic mass is 10.1. The lowest BCUT2D eigenvalue weighted by molar-refractivity contribution is -0.0569. The first kappa shape index (κ1) is 13.9. The number of nitrogens with one attached hydrogen (secondary N) is 1. The van der Waals surface area contributed by atoms with E-state index in [1.54, 1.807) is 0 Å². The quantitative estimate of drug-likeness (QED) is 0.593. The summed E-state index contributed by atoms with van der Waals surface area (Å²) in [6.45, 7) is 1.19. The summed E-state index contributed by atoms with van der Waals surface area (Å²) < 4.78 is 11.5. The minimum absolute atomic E-state index is 0.316. The second-order valence-electron chi connectivity index (χ2n) is 4.42. The first-order chi connectivity index (χ1) is 8.99. The SMILES string of the molecule is COC1C(CO)OC(n2cc(C)c(=O)[nH]c2=O)C1O. The van der Waals surface area contributed by atoms with Crippen molar-refractivity contribution in [3.05, 3.63) is 32.6 Å². The van der Waals surface area contributed by atoms with Crippen LogP contribution in [-0.2, 0) is 9.47 Å². The Balaban J connectivity index is 2.41. The van der Waals surface area contributed by atoms with E-state index in [-0.39, 0.29) is 6.61 Å². The van der Waals surface area contributed by atoms with Gasteiger partial charge in [-0.2, -0.15) is 0 Å². The predicted octanol–water partition coefficient (Wildman–Crippen LogP) is -1.89. The maximum Gasteiger partial charge on any atom is 0.330 e. The summed E-state index contributed by atoms with van der Waals surface area (Å²) in [5.74, 6) is 0. The number of aliphatic hydroxyl groups is 2. The average Bonchev–Trinajstić information content (AvgIpc) is 2.70. The fourth-order valence-corrected chi connectivity index (χ4v) is 2.16. The molecule has 1 aromatic rings. The van der Waals surface area contributed by atoms with Crippen LogP contribution in [-0.4, -0.2) is 51.8 Å². The third kappa shape index (κ3) is 2.35. The Hall–Kier alpha value is -1.48. The summed E-state index contributed by atoms with van der Waals surface area (Å²) in [4.78, 5) is 25.1. The maximum atomic E-state index is 11.7. The molecule has 0 amide bonds. The average molecular weight is 272 g/mol. The van der Waals surface area contributed by atoms with E-state index >= 15 is 0 Å². The normalized spacial score (nSPS) is 30.7. The van der Waals surface area contributed by atoms with Crippen LogP contribution in [0.15, 0.2) is 15.8 Å². The summed E-state index contributed by atoms with van der Waals surface area (Å²) in [5, 5.41) is 19.2. The number of aromatic nitrogens is 2. The molecule has 1 aliphatic rings. The fraction of sp³-hybridized carbons (Fsp3) is 0.636. The van der Waals surface area contributed by atoms with E-state index in [1.165, 1.54) is 20.2 Å². The molecule has 0 radical (unpaired) electrons. The van der Waals surface area contributed by atoms with Crippen molar-refractivity contribution in [2.24, 2.45) is 0 Å². The van der Waals surface area contributed by atoms with Crippen LogP contribution >= 0.6 is 0 Å². The molecular formula is C11H16N2O6. The predicted molar refractivity (Wildman–Crippen MR) is 63.9 cm³/mol. The third-order valence-corrected chi connectivity index (χ3v) is 3.18. The Labute approximate surface area is 108 Å². The monoisotopic (exact) mass is 272 g/mol. The number of ether oxygens (including phenoxy) is 2. The highest BCUT2D eigenvalue weighted by atomic mass is 16.6. The topological polar surface area (TPSA) is 114 Å². The van der Waals surface area contributed by atoms with Crippen LogP contribution < -0.4 is 11.2 Å². The maximum absolute atomic E-state index is 11.7. The van der Waals surface area contributed by atoms with Gasteiger partial charge in [0.05, 0.1) is 6.61 Å². The van der Waals surface area contributed by atoms with Crippen LogP contribution in [0.5, 0.6) is 0 Å². The highest BCUT2D eigenvalue weighted by Crippen LogP contribution is 2.29. The van der Waals surface area contributed by atoms with E-state index in [4.69, 9.17) is 14.6 Å². The Morgan fingerprint density at radius 1 is 1.53 bits per heavy atom. The number of hydrogen-bond acceptors (Lipinski definition) is 6. The number of aromatic amines is 1. The molecule has 0 spiro atoms. The number of nitrogens with zero attached hydrogens (tertiary/aromatic N) is 1. The second-order valence-corrected chi connectivity index (χ2v) is 4.42. The summed E-state index contributed by atoms with van der Waals surface area (Å²) in [6.07, 6.45) is -2.30. The second kappa shape index (κ2) is 5.25. The molecule has 4 unspecified atom stereocenters. The van der Waals surface area contributed by atoms with Gasteiger partial charge in [-0.3, -0.25) is 14.3 Å². The Kier molecular flexibility index (Phi) is 3.85. The molecule has 1 saturated heterocycles. The molecule has 8 nitrogen and oxygen atoms in total. The fourth-order valence-electron chi connectivity index (χ4n) is 2.16. The molecule has 0 aliphatic carbocycles. The van der Waals surface area contributed by atoms with Crippen LogP contribution in [0, 0.1) is 6.92 Å². The van der Waals surface area contributed by atoms with Gasteiger partial charge in [-0.1, -0.05) is 0 Å². The highest BCUT2D eigenvalue weighted by molar-refractivity contribution is 5.03. The molecule has 1 aromatic heterocycles. The van der Waals surface area contributed by atoms with E-state index in [0.717, 1.165) is 4.57 Å². The Bertz CT molecular complexity index is 565. The molecular weight excluding hydrogens is 256 g/mol. The van der Waals surface area contributed by atoms with Crippen molar-refractivity contribution in [3.8, 4) is 0 Å². The lowest BCUT2D eigenvalue weighted by Crippen LogP contribution is -2.39. The molecule has 2 rings (SSSR count). The van der Waals surface area contributed by atoms with Crippen LogP contribution in [0.4, 0.5) is 0 Å². The van der Waals surface area contributed by atoms with Crippen LogP contribution in [0.1, 0.15) is 11.8 Å². The van der Waals surface area contributed by atoms with Gasteiger partial charge < -0.3 is 19.7 Å². The molecule has 1 aliphatic heterocycles. The molecule has 19 heavy (non-hydrogen) atoms. The first-order valence-electron chi connectivity index (χ1n) is 5.78. The largest absolute Gasteiger partial charge is 0.394 e. The van der Waals surface area contributed by atoms with Gasteiger partial charge in [-0.05, 0) is 6.92 Å². The minimum Gasteiger partial charge on any atom is -0.394 e. The van der Waals surface area contributed by atoms with Crippen LogP contribution in [0.3, 0.4) is 0 Å². The van der Waals surface area contributed by atoms with Crippen molar-refractivity contribution < 1.29 is 19.7 Å². The van der Waals surface area contributed by atoms with E-state index < -0.39 is 35.8 Å². The number of aliphatic hydroxyl groups excluding tert-OH is 2. The van der Waals surface area contributed by atoms with Gasteiger partial charge in [0.2, 0.25) is 0 Å². The smallest absolute Gasteiger partial charge is 0.330 e. The first-order valence-corrected chi connectivity index (χ1v) is 5.78. The molecule has 1 fully saturated rings. The van der Waals surface area contributed by atoms with Gasteiger partial charge in [-0.15, -0.1) is 0 Å². The van der Waals surface area contributed by atoms with Gasteiger partial charge in [0.25, 0.3) is 5.56 Å². The standard InChI is InChI=1S/C11H16N2O6/c1-5-3-13(11(17)12-9(5)16)10-7(15)8(18-2)6(4-14)19-10/h3,6-8,10,14-15H,4H2,1-2H3,(H,12,16,17). The number of rotatable bonds is 3. The molecule has 8 heteroatoms. The minimum atomic E-state index is -1.12. The summed E-state index contributed by atoms with van der Waals surface area (Å²) in [5.41, 5.74) is -0.861. The van der Waals surface area contributed by atoms with Gasteiger partial charge in [0.1, 0.15) is 18.3 Å². The van der Waals surface area contributed by atoms with E-state index in [0.29, 0.717) is 5.56 Å². The van der Waals surface area contributed by atoms with Gasteiger partial charge in [-0.25, -0.2) is 4.79 Å². The number of aryl methyl sites for hydroxylation is 1. The van der Waals surface area contributed by atoms with Gasteiger partial charge in [0.15, 0.2) is 6.23 Å². The molecule has 2 heterocycles. The van der Waals surface area contributed by atoms with Crippen molar-refractivity contribution in [3.63, 3.8) is 0 Å². The van der Waals surface area contributed by atoms with Crippen molar-refractivity contribution in [1.29, 1.82) is 0 Å². The summed E-state index contributed by atoms with van der Waals surface area (Å²) >= 11 is 0.